The summed E-state index contributed by atoms with van der Waals surface area (Å²) in [5.74, 6) is 0.831. The standard InChI is InChI=1S/C25H23BrClNO4S/c1-15-20-10-6-17(27)12-21(20)25(14-22(15)28-18-7-4-16(26)5-8-18)33(29,30)19-9-11-23(31-2)24(13-19)32-3/h4-13,25,28H,14H2,1-3H3. The van der Waals surface area contributed by atoms with Crippen molar-refractivity contribution < 1.29 is 17.9 Å². The van der Waals surface area contributed by atoms with Gasteiger partial charge in [-0.05, 0) is 72.2 Å². The fourth-order valence-electron chi connectivity index (χ4n) is 4.04. The number of benzene rings is 3. The lowest BCUT2D eigenvalue weighted by molar-refractivity contribution is 0.354. The molecular formula is C25H23BrClNO4S. The molecular weight excluding hydrogens is 526 g/mol. The van der Waals surface area contributed by atoms with E-state index >= 15 is 0 Å². The van der Waals surface area contributed by atoms with Crippen LogP contribution in [0.15, 0.2) is 75.7 Å². The van der Waals surface area contributed by atoms with E-state index in [-0.39, 0.29) is 11.3 Å². The minimum atomic E-state index is -3.78. The molecule has 1 atom stereocenters. The first-order valence-electron chi connectivity index (χ1n) is 10.2. The van der Waals surface area contributed by atoms with E-state index in [2.05, 4.69) is 21.2 Å². The highest BCUT2D eigenvalue weighted by molar-refractivity contribution is 9.10. The summed E-state index contributed by atoms with van der Waals surface area (Å²) >= 11 is 9.73. The molecule has 0 aromatic heterocycles. The first kappa shape index (κ1) is 23.7. The molecule has 0 heterocycles. The Morgan fingerprint density at radius 2 is 1.67 bits per heavy atom. The molecule has 3 aromatic rings. The SMILES string of the molecule is COc1ccc(S(=O)(=O)C2CC(Nc3ccc(Br)cc3)=C(C)c3ccc(Cl)cc32)cc1OC. The average Bonchev–Trinajstić information content (AvgIpc) is 2.81. The molecule has 8 heteroatoms. The number of halogens is 2. The first-order chi connectivity index (χ1) is 15.7. The van der Waals surface area contributed by atoms with E-state index in [9.17, 15) is 8.42 Å². The van der Waals surface area contributed by atoms with E-state index in [0.717, 1.165) is 27.0 Å². The first-order valence-corrected chi connectivity index (χ1v) is 12.9. The topological polar surface area (TPSA) is 64.6 Å². The molecule has 0 fully saturated rings. The lowest BCUT2D eigenvalue weighted by Crippen LogP contribution is -2.22. The summed E-state index contributed by atoms with van der Waals surface area (Å²) in [7, 11) is -0.786. The molecule has 1 unspecified atom stereocenters. The molecule has 1 aliphatic rings. The number of rotatable bonds is 6. The van der Waals surface area contributed by atoms with Crippen LogP contribution in [0.5, 0.6) is 11.5 Å². The molecule has 5 nitrogen and oxygen atoms in total. The van der Waals surface area contributed by atoms with Crippen LogP contribution in [-0.4, -0.2) is 22.6 Å². The Hall–Kier alpha value is -2.48. The van der Waals surface area contributed by atoms with Crippen molar-refractivity contribution in [3.05, 3.63) is 87.0 Å². The Morgan fingerprint density at radius 3 is 2.33 bits per heavy atom. The molecule has 0 amide bonds. The van der Waals surface area contributed by atoms with Crippen LogP contribution in [-0.2, 0) is 9.84 Å². The number of hydrogen-bond donors (Lipinski definition) is 1. The second kappa shape index (κ2) is 9.41. The van der Waals surface area contributed by atoms with Crippen LogP contribution in [0.3, 0.4) is 0 Å². The van der Waals surface area contributed by atoms with Crippen molar-refractivity contribution >= 4 is 48.6 Å². The van der Waals surface area contributed by atoms with Gasteiger partial charge >= 0.3 is 0 Å². The predicted octanol–water partition coefficient (Wildman–Crippen LogP) is 6.88. The second-order valence-corrected chi connectivity index (χ2v) is 11.2. The second-order valence-electron chi connectivity index (χ2n) is 7.72. The van der Waals surface area contributed by atoms with Crippen molar-refractivity contribution in [2.45, 2.75) is 23.5 Å². The quantitative estimate of drug-likeness (QED) is 0.364. The molecule has 1 aliphatic carbocycles. The maximum Gasteiger partial charge on any atom is 0.185 e. The molecule has 0 bridgehead atoms. The Balaban J connectivity index is 1.81. The van der Waals surface area contributed by atoms with Crippen molar-refractivity contribution in [2.75, 3.05) is 19.5 Å². The minimum absolute atomic E-state index is 0.165. The number of fused-ring (bicyclic) bond motifs is 1. The number of allylic oxidation sites excluding steroid dienone is 2. The average molecular weight is 549 g/mol. The number of anilines is 1. The highest BCUT2D eigenvalue weighted by Crippen LogP contribution is 2.45. The van der Waals surface area contributed by atoms with E-state index in [4.69, 9.17) is 21.1 Å². The van der Waals surface area contributed by atoms with Gasteiger partial charge in [-0.1, -0.05) is 33.6 Å². The number of ether oxygens (including phenoxy) is 2. The highest BCUT2D eigenvalue weighted by Gasteiger charge is 2.36. The lowest BCUT2D eigenvalue weighted by Gasteiger charge is -2.30. The van der Waals surface area contributed by atoms with Crippen molar-refractivity contribution in [3.63, 3.8) is 0 Å². The lowest BCUT2D eigenvalue weighted by atomic mass is 9.89. The van der Waals surface area contributed by atoms with Crippen LogP contribution >= 0.6 is 27.5 Å². The van der Waals surface area contributed by atoms with E-state index in [0.29, 0.717) is 22.1 Å². The van der Waals surface area contributed by atoms with E-state index in [1.165, 1.54) is 20.3 Å². The van der Waals surface area contributed by atoms with Gasteiger partial charge < -0.3 is 14.8 Å². The molecule has 4 rings (SSSR count). The number of methoxy groups -OCH3 is 2. The van der Waals surface area contributed by atoms with Crippen LogP contribution in [0, 0.1) is 0 Å². The van der Waals surface area contributed by atoms with Crippen molar-refractivity contribution in [3.8, 4) is 11.5 Å². The molecule has 3 aromatic carbocycles. The van der Waals surface area contributed by atoms with E-state index in [1.54, 1.807) is 24.3 Å². The zero-order chi connectivity index (χ0) is 23.8. The van der Waals surface area contributed by atoms with E-state index in [1.807, 2.05) is 37.3 Å². The van der Waals surface area contributed by atoms with Gasteiger partial charge in [0.1, 0.15) is 0 Å². The van der Waals surface area contributed by atoms with Crippen LogP contribution in [0.1, 0.15) is 29.7 Å². The Bertz CT molecular complexity index is 1340. The maximum atomic E-state index is 13.9. The Morgan fingerprint density at radius 1 is 0.970 bits per heavy atom. The summed E-state index contributed by atoms with van der Waals surface area (Å²) < 4.78 is 39.3. The summed E-state index contributed by atoms with van der Waals surface area (Å²) in [5, 5.41) is 3.11. The molecule has 172 valence electrons. The summed E-state index contributed by atoms with van der Waals surface area (Å²) in [5.41, 5.74) is 4.27. The fraction of sp³-hybridized carbons (Fsp3) is 0.200. The van der Waals surface area contributed by atoms with Gasteiger partial charge in [-0.15, -0.1) is 0 Å². The van der Waals surface area contributed by atoms with Crippen molar-refractivity contribution in [1.82, 2.24) is 0 Å². The number of sulfone groups is 1. The molecule has 0 spiro atoms. The fourth-order valence-corrected chi connectivity index (χ4v) is 6.26. The molecule has 1 N–H and O–H groups in total. The maximum absolute atomic E-state index is 13.9. The predicted molar refractivity (Wildman–Crippen MR) is 136 cm³/mol. The van der Waals surface area contributed by atoms with Gasteiger partial charge in [-0.25, -0.2) is 8.42 Å². The smallest absolute Gasteiger partial charge is 0.185 e. The Labute approximate surface area is 207 Å². The van der Waals surface area contributed by atoms with Crippen LogP contribution in [0.2, 0.25) is 5.02 Å². The Kier molecular flexibility index (Phi) is 6.75. The third kappa shape index (κ3) is 4.63. The summed E-state index contributed by atoms with van der Waals surface area (Å²) in [4.78, 5) is 0.165. The molecule has 0 radical (unpaired) electrons. The highest BCUT2D eigenvalue weighted by atomic mass is 79.9. The monoisotopic (exact) mass is 547 g/mol. The zero-order valence-corrected chi connectivity index (χ0v) is 21.5. The van der Waals surface area contributed by atoms with Gasteiger partial charge in [0.05, 0.1) is 24.4 Å². The number of nitrogens with one attached hydrogen (secondary N) is 1. The van der Waals surface area contributed by atoms with Gasteiger partial charge in [-0.3, -0.25) is 0 Å². The van der Waals surface area contributed by atoms with Gasteiger partial charge in [0.25, 0.3) is 0 Å². The normalized spacial score (nSPS) is 15.7. The summed E-state index contributed by atoms with van der Waals surface area (Å²) in [6.45, 7) is 1.99. The molecule has 33 heavy (non-hydrogen) atoms. The minimum Gasteiger partial charge on any atom is -0.493 e. The van der Waals surface area contributed by atoms with Crippen LogP contribution < -0.4 is 14.8 Å². The van der Waals surface area contributed by atoms with E-state index < -0.39 is 15.1 Å². The van der Waals surface area contributed by atoms with Gasteiger partial charge in [-0.2, -0.15) is 0 Å². The van der Waals surface area contributed by atoms with Crippen LogP contribution in [0.4, 0.5) is 5.69 Å². The third-order valence-electron chi connectivity index (χ3n) is 5.80. The van der Waals surface area contributed by atoms with Gasteiger partial charge in [0, 0.05) is 33.4 Å². The summed E-state index contributed by atoms with van der Waals surface area (Å²) in [6.07, 6.45) is 0.284. The molecule has 0 saturated heterocycles. The van der Waals surface area contributed by atoms with Gasteiger partial charge in [0.15, 0.2) is 21.3 Å². The summed E-state index contributed by atoms with van der Waals surface area (Å²) in [6, 6.07) is 17.8. The number of hydrogen-bond acceptors (Lipinski definition) is 5. The third-order valence-corrected chi connectivity index (χ3v) is 8.65. The van der Waals surface area contributed by atoms with Crippen molar-refractivity contribution in [1.29, 1.82) is 0 Å². The van der Waals surface area contributed by atoms with Crippen LogP contribution in [0.25, 0.3) is 5.57 Å². The molecule has 0 saturated carbocycles. The van der Waals surface area contributed by atoms with Gasteiger partial charge in [0.2, 0.25) is 0 Å². The zero-order valence-electron chi connectivity index (χ0n) is 18.4. The van der Waals surface area contributed by atoms with Crippen molar-refractivity contribution in [2.24, 2.45) is 0 Å². The largest absolute Gasteiger partial charge is 0.493 e. The molecule has 0 aliphatic heterocycles.